The molecule has 0 saturated carbocycles. The molecule has 2 heterocycles. The maximum absolute atomic E-state index is 5.63. The summed E-state index contributed by atoms with van der Waals surface area (Å²) in [5.41, 5.74) is 1.37. The SMILES string of the molecule is CNCc1cccn1CCCC1CCCO1. The number of nitrogens with zero attached hydrogens (tertiary/aromatic N) is 1. The highest BCUT2D eigenvalue weighted by molar-refractivity contribution is 5.06. The standard InChI is InChI=1S/C13H22N2O/c1-14-11-12-5-2-8-15(12)9-3-6-13-7-4-10-16-13/h2,5,8,13-14H,3-4,6-7,9-11H2,1H3. The minimum Gasteiger partial charge on any atom is -0.378 e. The van der Waals surface area contributed by atoms with Gasteiger partial charge in [0.2, 0.25) is 0 Å². The van der Waals surface area contributed by atoms with Crippen molar-refractivity contribution >= 4 is 0 Å². The maximum atomic E-state index is 5.63. The van der Waals surface area contributed by atoms with Gasteiger partial charge in [0.25, 0.3) is 0 Å². The molecule has 3 heteroatoms. The van der Waals surface area contributed by atoms with E-state index >= 15 is 0 Å². The van der Waals surface area contributed by atoms with Crippen molar-refractivity contribution in [2.45, 2.75) is 44.9 Å². The van der Waals surface area contributed by atoms with E-state index in [4.69, 9.17) is 4.74 Å². The van der Waals surface area contributed by atoms with Gasteiger partial charge < -0.3 is 14.6 Å². The highest BCUT2D eigenvalue weighted by Crippen LogP contribution is 2.17. The van der Waals surface area contributed by atoms with E-state index in [1.807, 2.05) is 7.05 Å². The molecule has 16 heavy (non-hydrogen) atoms. The summed E-state index contributed by atoms with van der Waals surface area (Å²) in [5.74, 6) is 0. The Morgan fingerprint density at radius 1 is 1.56 bits per heavy atom. The molecule has 1 aromatic heterocycles. The van der Waals surface area contributed by atoms with Crippen LogP contribution in [0, 0.1) is 0 Å². The second kappa shape index (κ2) is 6.06. The summed E-state index contributed by atoms with van der Waals surface area (Å²) < 4.78 is 7.97. The summed E-state index contributed by atoms with van der Waals surface area (Å²) in [6.45, 7) is 3.04. The lowest BCUT2D eigenvalue weighted by Crippen LogP contribution is -2.12. The molecule has 0 aliphatic carbocycles. The maximum Gasteiger partial charge on any atom is 0.0576 e. The van der Waals surface area contributed by atoms with Crippen molar-refractivity contribution in [2.75, 3.05) is 13.7 Å². The van der Waals surface area contributed by atoms with Gasteiger partial charge in [0.1, 0.15) is 0 Å². The molecule has 1 unspecified atom stereocenters. The van der Waals surface area contributed by atoms with Gasteiger partial charge in [0.15, 0.2) is 0 Å². The Balaban J connectivity index is 1.73. The van der Waals surface area contributed by atoms with Crippen molar-refractivity contribution in [3.05, 3.63) is 24.0 Å². The van der Waals surface area contributed by atoms with Crippen LogP contribution >= 0.6 is 0 Å². The summed E-state index contributed by atoms with van der Waals surface area (Å²) in [5, 5.41) is 3.20. The summed E-state index contributed by atoms with van der Waals surface area (Å²) in [6.07, 6.45) is 7.63. The number of hydrogen-bond donors (Lipinski definition) is 1. The van der Waals surface area contributed by atoms with Gasteiger partial charge in [-0.1, -0.05) is 0 Å². The van der Waals surface area contributed by atoms with Crippen LogP contribution in [0.25, 0.3) is 0 Å². The lowest BCUT2D eigenvalue weighted by Gasteiger charge is -2.11. The minimum atomic E-state index is 0.531. The van der Waals surface area contributed by atoms with Gasteiger partial charge in [0, 0.05) is 31.6 Å². The first-order chi connectivity index (χ1) is 7.90. The van der Waals surface area contributed by atoms with Crippen LogP contribution in [-0.4, -0.2) is 24.3 Å². The molecule has 1 saturated heterocycles. The van der Waals surface area contributed by atoms with Crippen molar-refractivity contribution in [3.8, 4) is 0 Å². The van der Waals surface area contributed by atoms with E-state index in [1.165, 1.54) is 31.4 Å². The summed E-state index contributed by atoms with van der Waals surface area (Å²) >= 11 is 0. The Morgan fingerprint density at radius 2 is 2.50 bits per heavy atom. The lowest BCUT2D eigenvalue weighted by atomic mass is 10.1. The molecule has 2 rings (SSSR count). The first-order valence-corrected chi connectivity index (χ1v) is 6.30. The zero-order chi connectivity index (χ0) is 11.2. The van der Waals surface area contributed by atoms with Crippen LogP contribution in [0.15, 0.2) is 18.3 Å². The van der Waals surface area contributed by atoms with Crippen LogP contribution in [0.3, 0.4) is 0 Å². The van der Waals surface area contributed by atoms with Crippen LogP contribution in [0.5, 0.6) is 0 Å². The molecule has 1 atom stereocenters. The van der Waals surface area contributed by atoms with Gasteiger partial charge in [-0.25, -0.2) is 0 Å². The van der Waals surface area contributed by atoms with Gasteiger partial charge in [-0.3, -0.25) is 0 Å². The molecule has 1 N–H and O–H groups in total. The fourth-order valence-electron chi connectivity index (χ4n) is 2.37. The third kappa shape index (κ3) is 3.09. The van der Waals surface area contributed by atoms with Crippen LogP contribution in [-0.2, 0) is 17.8 Å². The van der Waals surface area contributed by atoms with E-state index < -0.39 is 0 Å². The Kier molecular flexibility index (Phi) is 4.43. The molecule has 0 aromatic carbocycles. The third-order valence-electron chi connectivity index (χ3n) is 3.23. The van der Waals surface area contributed by atoms with Gasteiger partial charge in [-0.2, -0.15) is 0 Å². The molecule has 90 valence electrons. The Labute approximate surface area is 97.8 Å². The molecule has 1 aliphatic rings. The fourth-order valence-corrected chi connectivity index (χ4v) is 2.37. The first kappa shape index (κ1) is 11.7. The smallest absolute Gasteiger partial charge is 0.0576 e. The van der Waals surface area contributed by atoms with Crippen LogP contribution in [0.1, 0.15) is 31.4 Å². The van der Waals surface area contributed by atoms with E-state index in [0.29, 0.717) is 6.10 Å². The molecule has 0 spiro atoms. The Bertz CT molecular complexity index is 303. The highest BCUT2D eigenvalue weighted by atomic mass is 16.5. The van der Waals surface area contributed by atoms with Gasteiger partial charge in [-0.15, -0.1) is 0 Å². The van der Waals surface area contributed by atoms with Gasteiger partial charge >= 0.3 is 0 Å². The van der Waals surface area contributed by atoms with Gasteiger partial charge in [-0.05, 0) is 44.9 Å². The molecular weight excluding hydrogens is 200 g/mol. The zero-order valence-corrected chi connectivity index (χ0v) is 10.1. The van der Waals surface area contributed by atoms with Crippen molar-refractivity contribution < 1.29 is 4.74 Å². The number of aromatic nitrogens is 1. The number of rotatable bonds is 6. The van der Waals surface area contributed by atoms with Crippen molar-refractivity contribution in [3.63, 3.8) is 0 Å². The lowest BCUT2D eigenvalue weighted by molar-refractivity contribution is 0.101. The minimum absolute atomic E-state index is 0.531. The van der Waals surface area contributed by atoms with E-state index in [2.05, 4.69) is 28.2 Å². The predicted octanol–water partition coefficient (Wildman–Crippen LogP) is 2.17. The second-order valence-corrected chi connectivity index (χ2v) is 4.50. The molecule has 0 amide bonds. The molecule has 1 aliphatic heterocycles. The molecule has 0 radical (unpaired) electrons. The molecule has 1 fully saturated rings. The third-order valence-corrected chi connectivity index (χ3v) is 3.23. The van der Waals surface area contributed by atoms with Gasteiger partial charge in [0.05, 0.1) is 6.10 Å². The van der Waals surface area contributed by atoms with Crippen LogP contribution < -0.4 is 5.32 Å². The highest BCUT2D eigenvalue weighted by Gasteiger charge is 2.14. The Morgan fingerprint density at radius 3 is 3.25 bits per heavy atom. The van der Waals surface area contributed by atoms with E-state index in [0.717, 1.165) is 19.7 Å². The number of aryl methyl sites for hydroxylation is 1. The largest absolute Gasteiger partial charge is 0.378 e. The Hall–Kier alpha value is -0.800. The van der Waals surface area contributed by atoms with Crippen molar-refractivity contribution in [2.24, 2.45) is 0 Å². The predicted molar refractivity (Wildman–Crippen MR) is 65.4 cm³/mol. The molecule has 0 bridgehead atoms. The topological polar surface area (TPSA) is 26.2 Å². The van der Waals surface area contributed by atoms with Crippen LogP contribution in [0.4, 0.5) is 0 Å². The average Bonchev–Trinajstić information content (AvgIpc) is 2.91. The molecule has 3 nitrogen and oxygen atoms in total. The van der Waals surface area contributed by atoms with E-state index in [1.54, 1.807) is 0 Å². The summed E-state index contributed by atoms with van der Waals surface area (Å²) in [7, 11) is 1.99. The van der Waals surface area contributed by atoms with Crippen LogP contribution in [0.2, 0.25) is 0 Å². The number of ether oxygens (including phenoxy) is 1. The summed E-state index contributed by atoms with van der Waals surface area (Å²) in [6, 6.07) is 4.31. The molecular formula is C13H22N2O. The fraction of sp³-hybridized carbons (Fsp3) is 0.692. The normalized spacial score (nSPS) is 20.4. The van der Waals surface area contributed by atoms with Crippen molar-refractivity contribution in [1.29, 1.82) is 0 Å². The monoisotopic (exact) mass is 222 g/mol. The molecule has 1 aromatic rings. The summed E-state index contributed by atoms with van der Waals surface area (Å²) in [4.78, 5) is 0. The number of nitrogens with one attached hydrogen (secondary N) is 1. The first-order valence-electron chi connectivity index (χ1n) is 6.30. The quantitative estimate of drug-likeness (QED) is 0.798. The van der Waals surface area contributed by atoms with E-state index in [-0.39, 0.29) is 0 Å². The second-order valence-electron chi connectivity index (χ2n) is 4.50. The average molecular weight is 222 g/mol. The van der Waals surface area contributed by atoms with Crippen molar-refractivity contribution in [1.82, 2.24) is 9.88 Å². The van der Waals surface area contributed by atoms with E-state index in [9.17, 15) is 0 Å². The number of hydrogen-bond acceptors (Lipinski definition) is 2. The zero-order valence-electron chi connectivity index (χ0n) is 10.1.